The number of thiophene rings is 1. The molecule has 3 aliphatic rings. The second-order valence-electron chi connectivity index (χ2n) is 16.6. The number of halogens is 7. The second kappa shape index (κ2) is 18.2. The average molecular weight is 904 g/mol. The highest BCUT2D eigenvalue weighted by Gasteiger charge is 2.50. The highest BCUT2D eigenvalue weighted by Crippen LogP contribution is 2.48. The molecule has 1 aromatic heterocycles. The summed E-state index contributed by atoms with van der Waals surface area (Å²) in [6.45, 7) is 1.84. The first-order valence-corrected chi connectivity index (χ1v) is 21.4. The molecule has 1 aliphatic carbocycles. The molecule has 2 fully saturated rings. The molecule has 4 aromatic rings. The molecule has 338 valence electrons. The average Bonchev–Trinajstić information content (AvgIpc) is 3.98. The molecule has 3 amide bonds. The van der Waals surface area contributed by atoms with Crippen molar-refractivity contribution < 1.29 is 54.6 Å². The van der Waals surface area contributed by atoms with E-state index >= 15 is 0 Å². The maximum atomic E-state index is 14.1. The fourth-order valence-electron chi connectivity index (χ4n) is 9.00. The van der Waals surface area contributed by atoms with Gasteiger partial charge < -0.3 is 34.8 Å². The molecule has 63 heavy (non-hydrogen) atoms. The topological polar surface area (TPSA) is 109 Å². The summed E-state index contributed by atoms with van der Waals surface area (Å²) in [6.07, 6.45) is -7.67. The Kier molecular flexibility index (Phi) is 13.3. The Morgan fingerprint density at radius 2 is 1.54 bits per heavy atom. The van der Waals surface area contributed by atoms with E-state index in [2.05, 4.69) is 17.0 Å². The van der Waals surface area contributed by atoms with E-state index in [1.165, 1.54) is 41.2 Å². The number of alkyl halides is 6. The van der Waals surface area contributed by atoms with E-state index in [0.717, 1.165) is 10.5 Å². The summed E-state index contributed by atoms with van der Waals surface area (Å²) in [5, 5.41) is 0.562. The van der Waals surface area contributed by atoms with Crippen molar-refractivity contribution in [3.8, 4) is 0 Å². The molecule has 0 bridgehead atoms. The Morgan fingerprint density at radius 3 is 2.17 bits per heavy atom. The number of ether oxygens (including phenoxy) is 2. The first-order valence-electron chi connectivity index (χ1n) is 20.5. The van der Waals surface area contributed by atoms with E-state index in [9.17, 15) is 45.1 Å². The number of hydrogen-bond donors (Lipinski definition) is 1. The van der Waals surface area contributed by atoms with Crippen molar-refractivity contribution in [3.05, 3.63) is 123 Å². The van der Waals surface area contributed by atoms with Crippen LogP contribution in [0.5, 0.6) is 0 Å². The van der Waals surface area contributed by atoms with Gasteiger partial charge in [0.05, 0.1) is 33.7 Å². The van der Waals surface area contributed by atoms with Gasteiger partial charge in [-0.1, -0.05) is 36.4 Å². The summed E-state index contributed by atoms with van der Waals surface area (Å²) in [7, 11) is 3.42. The van der Waals surface area contributed by atoms with Crippen LogP contribution < -0.4 is 5.73 Å². The largest absolute Gasteiger partial charge is 0.416 e. The Bertz CT molecular complexity index is 2260. The van der Waals surface area contributed by atoms with Crippen molar-refractivity contribution >= 4 is 34.1 Å². The van der Waals surface area contributed by atoms with Crippen LogP contribution in [0.1, 0.15) is 73.5 Å². The van der Waals surface area contributed by atoms with Gasteiger partial charge in [0.1, 0.15) is 24.8 Å². The highest BCUT2D eigenvalue weighted by molar-refractivity contribution is 7.17. The van der Waals surface area contributed by atoms with Gasteiger partial charge in [-0.05, 0) is 104 Å². The molecule has 3 heterocycles. The van der Waals surface area contributed by atoms with Gasteiger partial charge in [0.25, 0.3) is 11.8 Å². The number of rotatable bonds is 13. The standard InChI is InChI=1S/C45H48F7N5O5S/c1-54(17-5-18-55(2)41(60)36-12-13-38(53)63-36)39(58)26-61-37-24-29-6-3-4-7-35(29)42(37)14-19-56(20-15-42)21-16-43(31-8-10-34(46)11-9-31)27-57(28-62-43)40(59)30-22-32(44(47,48)49)25-33(23-30)45(50,51)52/h3-4,6-13,22-23,25,37H,5,14-21,24,26-28,53H2,1-2H3/t37-,43-/m0/s1. The fourth-order valence-corrected chi connectivity index (χ4v) is 9.77. The smallest absolute Gasteiger partial charge is 0.391 e. The summed E-state index contributed by atoms with van der Waals surface area (Å²) in [4.78, 5) is 46.7. The van der Waals surface area contributed by atoms with Crippen LogP contribution in [0.15, 0.2) is 78.9 Å². The highest BCUT2D eigenvalue weighted by atomic mass is 32.1. The number of nitrogens with two attached hydrogens (primary N) is 1. The third kappa shape index (κ3) is 10.0. The van der Waals surface area contributed by atoms with E-state index < -0.39 is 53.1 Å². The lowest BCUT2D eigenvalue weighted by Crippen LogP contribution is -2.50. The number of carbonyl (C=O) groups excluding carboxylic acids is 3. The summed E-state index contributed by atoms with van der Waals surface area (Å²) in [5.41, 5.74) is 3.01. The minimum Gasteiger partial charge on any atom is -0.391 e. The lowest BCUT2D eigenvalue weighted by atomic mass is 9.72. The molecular weight excluding hydrogens is 856 g/mol. The van der Waals surface area contributed by atoms with Gasteiger partial charge in [-0.3, -0.25) is 14.4 Å². The Morgan fingerprint density at radius 1 is 0.889 bits per heavy atom. The predicted molar refractivity (Wildman–Crippen MR) is 221 cm³/mol. The SMILES string of the molecule is CN(CCCN(C)C(=O)c1ccc(N)s1)C(=O)CO[C@H]1Cc2ccccc2C12CCN(CC[C@@]1(c3ccc(F)cc3)CN(C(=O)c3cc(C(F)(F)F)cc(C(F)(F)F)c3)CO1)CC2. The number of likely N-dealkylation sites (N-methyl/N-ethyl adjacent to an activating group) is 1. The minimum atomic E-state index is -5.13. The van der Waals surface area contributed by atoms with Crippen molar-refractivity contribution in [3.63, 3.8) is 0 Å². The van der Waals surface area contributed by atoms with Crippen LogP contribution >= 0.6 is 11.3 Å². The number of benzene rings is 3. The molecule has 0 unspecified atom stereocenters. The lowest BCUT2D eigenvalue weighted by Gasteiger charge is -2.44. The zero-order valence-electron chi connectivity index (χ0n) is 34.7. The predicted octanol–water partition coefficient (Wildman–Crippen LogP) is 7.82. The zero-order valence-corrected chi connectivity index (χ0v) is 35.6. The second-order valence-corrected chi connectivity index (χ2v) is 17.7. The van der Waals surface area contributed by atoms with Gasteiger partial charge in [-0.15, -0.1) is 11.3 Å². The van der Waals surface area contributed by atoms with Crippen molar-refractivity contribution in [2.75, 3.05) is 72.4 Å². The van der Waals surface area contributed by atoms with E-state index in [4.69, 9.17) is 15.2 Å². The van der Waals surface area contributed by atoms with Crippen LogP contribution in [-0.4, -0.2) is 110 Å². The number of carbonyl (C=O) groups is 3. The molecular formula is C45H48F7N5O5S. The number of amides is 3. The number of nitrogens with zero attached hydrogens (tertiary/aromatic N) is 4. The van der Waals surface area contributed by atoms with Crippen molar-refractivity contribution in [1.82, 2.24) is 19.6 Å². The van der Waals surface area contributed by atoms with E-state index in [0.29, 0.717) is 86.0 Å². The van der Waals surface area contributed by atoms with Crippen LogP contribution in [0.2, 0.25) is 0 Å². The number of fused-ring (bicyclic) bond motifs is 2. The third-order valence-electron chi connectivity index (χ3n) is 12.6. The monoisotopic (exact) mass is 903 g/mol. The molecule has 2 saturated heterocycles. The molecule has 10 nitrogen and oxygen atoms in total. The zero-order chi connectivity index (χ0) is 45.3. The number of likely N-dealkylation sites (tertiary alicyclic amines) is 1. The summed E-state index contributed by atoms with van der Waals surface area (Å²) < 4.78 is 109. The molecule has 0 radical (unpaired) electrons. The summed E-state index contributed by atoms with van der Waals surface area (Å²) in [6, 6.07) is 17.8. The van der Waals surface area contributed by atoms with Gasteiger partial charge >= 0.3 is 12.4 Å². The molecule has 1 spiro atoms. The number of piperidine rings is 1. The normalized spacial score (nSPS) is 20.0. The van der Waals surface area contributed by atoms with Gasteiger partial charge in [0.2, 0.25) is 5.91 Å². The fraction of sp³-hybridized carbons (Fsp3) is 0.444. The van der Waals surface area contributed by atoms with Crippen LogP contribution in [0, 0.1) is 5.82 Å². The van der Waals surface area contributed by atoms with Gasteiger partial charge in [0.15, 0.2) is 0 Å². The number of nitrogen functional groups attached to an aromatic ring is 1. The van der Waals surface area contributed by atoms with Crippen molar-refractivity contribution in [1.29, 1.82) is 0 Å². The van der Waals surface area contributed by atoms with E-state index in [1.54, 1.807) is 36.0 Å². The molecule has 0 saturated carbocycles. The first kappa shape index (κ1) is 46.0. The van der Waals surface area contributed by atoms with Crippen LogP contribution in [0.25, 0.3) is 0 Å². The molecule has 18 heteroatoms. The maximum absolute atomic E-state index is 14.1. The van der Waals surface area contributed by atoms with E-state index in [-0.39, 0.29) is 49.0 Å². The molecule has 2 atom stereocenters. The van der Waals surface area contributed by atoms with Gasteiger partial charge in [-0.2, -0.15) is 26.3 Å². The Hall–Kier alpha value is -5.04. The lowest BCUT2D eigenvalue weighted by molar-refractivity contribution is -0.143. The summed E-state index contributed by atoms with van der Waals surface area (Å²) in [5.74, 6) is -1.90. The van der Waals surface area contributed by atoms with Crippen molar-refractivity contribution in [2.45, 2.75) is 61.6 Å². The summed E-state index contributed by atoms with van der Waals surface area (Å²) >= 11 is 1.23. The van der Waals surface area contributed by atoms with Crippen LogP contribution in [0.3, 0.4) is 0 Å². The molecule has 7 rings (SSSR count). The van der Waals surface area contributed by atoms with Crippen LogP contribution in [0.4, 0.5) is 35.7 Å². The molecule has 2 N–H and O–H groups in total. The van der Waals surface area contributed by atoms with E-state index in [1.807, 2.05) is 12.1 Å². The third-order valence-corrected chi connectivity index (χ3v) is 13.5. The van der Waals surface area contributed by atoms with Crippen LogP contribution in [-0.2, 0) is 44.1 Å². The Labute approximate surface area is 364 Å². The Balaban J connectivity index is 0.988. The number of hydrogen-bond acceptors (Lipinski definition) is 8. The number of anilines is 1. The molecule has 2 aliphatic heterocycles. The quantitative estimate of drug-likeness (QED) is 0.137. The van der Waals surface area contributed by atoms with Gasteiger partial charge in [-0.25, -0.2) is 4.39 Å². The first-order chi connectivity index (χ1) is 29.8. The maximum Gasteiger partial charge on any atom is 0.416 e. The van der Waals surface area contributed by atoms with Gasteiger partial charge in [0, 0.05) is 44.7 Å². The molecule has 3 aromatic carbocycles. The minimum absolute atomic E-state index is 0.0285. The van der Waals surface area contributed by atoms with Crippen molar-refractivity contribution in [2.24, 2.45) is 0 Å².